The largest absolute Gasteiger partial charge is 0.465 e. The Labute approximate surface area is 351 Å². The highest BCUT2D eigenvalue weighted by atomic mass is 32.2. The molecule has 2 aromatic rings. The zero-order chi connectivity index (χ0) is 42.7. The molecule has 0 aromatic heterocycles. The van der Waals surface area contributed by atoms with Crippen LogP contribution in [0, 0.1) is 34.0 Å². The number of ether oxygens (including phenoxy) is 2. The van der Waals surface area contributed by atoms with Gasteiger partial charge in [0.05, 0.1) is 42.2 Å². The first-order chi connectivity index (χ1) is 27.7. The molecule has 2 amide bonds. The Bertz CT molecular complexity index is 2070. The summed E-state index contributed by atoms with van der Waals surface area (Å²) in [7, 11) is 1.86. The third kappa shape index (κ3) is 9.14. The van der Waals surface area contributed by atoms with Crippen LogP contribution in [0.25, 0.3) is 11.1 Å². The predicted octanol–water partition coefficient (Wildman–Crippen LogP) is 7.19. The molecule has 2 aromatic carbocycles. The second-order valence-electron chi connectivity index (χ2n) is 20.5. The van der Waals surface area contributed by atoms with E-state index in [-0.39, 0.29) is 61.4 Å². The highest BCUT2D eigenvalue weighted by molar-refractivity contribution is 7.90. The van der Waals surface area contributed by atoms with Crippen LogP contribution >= 0.6 is 0 Å². The van der Waals surface area contributed by atoms with E-state index >= 15 is 4.79 Å². The number of rotatable bonds is 9. The van der Waals surface area contributed by atoms with Crippen molar-refractivity contribution in [3.8, 4) is 11.1 Å². The molecule has 5 atom stereocenters. The molecular formula is C47H65N3O8S. The van der Waals surface area contributed by atoms with Gasteiger partial charge in [-0.2, -0.15) is 0 Å². The van der Waals surface area contributed by atoms with Crippen LogP contribution in [-0.2, 0) is 50.7 Å². The van der Waals surface area contributed by atoms with Crippen molar-refractivity contribution in [2.24, 2.45) is 34.0 Å². The SMILES string of the molecule is CO[C@@]12C[C@@H](C(=O)C[C@]3(C(=O)NS(=O)(=O)C4CC4)C[C@H]3C3CC3)N(C1)C(=O)[C@H](C(C)(C)C)CC(=O)OCC(C)(C)CCCCc1cc(N(C)C)ccc1-c1ccc2cc1. The summed E-state index contributed by atoms with van der Waals surface area (Å²) in [5, 5.41) is -0.572. The summed E-state index contributed by atoms with van der Waals surface area (Å²) in [6.45, 7) is 10.3. The predicted molar refractivity (Wildman–Crippen MR) is 228 cm³/mol. The Kier molecular flexibility index (Phi) is 11.7. The number of ketones is 1. The number of carbonyl (C=O) groups excluding carboxylic acids is 4. The average Bonchev–Trinajstić information content (AvgIpc) is 4.05. The summed E-state index contributed by atoms with van der Waals surface area (Å²) >= 11 is 0. The van der Waals surface area contributed by atoms with Gasteiger partial charge in [-0.25, -0.2) is 8.42 Å². The Morgan fingerprint density at radius 2 is 1.68 bits per heavy atom. The molecular weight excluding hydrogens is 767 g/mol. The maximum atomic E-state index is 15.1. The van der Waals surface area contributed by atoms with E-state index < -0.39 is 55.5 Å². The standard InChI is InChI=1S/C47H65N3O8S/c1-44(2,3)37-24-41(52)58-29-45(4,5)22-10-9-11-32-23-34(49(6)7)18-21-36(32)30-14-16-33(17-15-30)47(57-8)26-39(50(28-47)42(37)53)40(51)27-46(25-38(46)31-12-13-31)43(54)48-59(55,56)35-19-20-35/h14-18,21,23,31,35,37-39H,9-13,19-20,22,24-29H2,1-8H3,(H,48,54)/t37-,38+,39+,46-,47+/m1/s1. The Morgan fingerprint density at radius 3 is 2.29 bits per heavy atom. The Hall–Kier alpha value is -3.77. The Morgan fingerprint density at radius 1 is 0.983 bits per heavy atom. The highest BCUT2D eigenvalue weighted by Gasteiger charge is 2.66. The lowest BCUT2D eigenvalue weighted by Gasteiger charge is -2.35. The smallest absolute Gasteiger partial charge is 0.306 e. The number of benzene rings is 2. The maximum Gasteiger partial charge on any atom is 0.306 e. The van der Waals surface area contributed by atoms with E-state index in [1.54, 1.807) is 12.0 Å². The van der Waals surface area contributed by atoms with Gasteiger partial charge in [0.2, 0.25) is 21.8 Å². The number of nitrogens with one attached hydrogen (secondary N) is 1. The molecule has 8 rings (SSSR count). The van der Waals surface area contributed by atoms with Crippen molar-refractivity contribution in [2.75, 3.05) is 39.3 Å². The van der Waals surface area contributed by atoms with Gasteiger partial charge >= 0.3 is 5.97 Å². The number of esters is 1. The molecule has 1 N–H and O–H groups in total. The van der Waals surface area contributed by atoms with Gasteiger partial charge in [0.25, 0.3) is 0 Å². The molecule has 0 radical (unpaired) electrons. The molecule has 0 unspecified atom stereocenters. The summed E-state index contributed by atoms with van der Waals surface area (Å²) in [4.78, 5) is 61.3. The van der Waals surface area contributed by atoms with Crippen LogP contribution in [0.3, 0.4) is 0 Å². The summed E-state index contributed by atoms with van der Waals surface area (Å²) in [5.41, 5.74) is 2.24. The fourth-order valence-electron chi connectivity index (χ4n) is 9.74. The van der Waals surface area contributed by atoms with Gasteiger partial charge in [-0.1, -0.05) is 71.4 Å². The minimum Gasteiger partial charge on any atom is -0.465 e. The Balaban J connectivity index is 1.27. The third-order valence-corrected chi connectivity index (χ3v) is 15.9. The van der Waals surface area contributed by atoms with E-state index in [2.05, 4.69) is 53.8 Å². The fourth-order valence-corrected chi connectivity index (χ4v) is 11.1. The van der Waals surface area contributed by atoms with E-state index in [9.17, 15) is 22.8 Å². The zero-order valence-corrected chi connectivity index (χ0v) is 37.2. The molecule has 4 fully saturated rings. The molecule has 11 nitrogen and oxygen atoms in total. The number of amides is 2. The van der Waals surface area contributed by atoms with Gasteiger partial charge < -0.3 is 19.3 Å². The van der Waals surface area contributed by atoms with Crippen molar-refractivity contribution in [2.45, 2.75) is 129 Å². The third-order valence-electron chi connectivity index (χ3n) is 14.1. The van der Waals surface area contributed by atoms with Crippen LogP contribution in [0.2, 0.25) is 0 Å². The van der Waals surface area contributed by atoms with Crippen molar-refractivity contribution >= 4 is 39.3 Å². The lowest BCUT2D eigenvalue weighted by molar-refractivity contribution is -0.155. The van der Waals surface area contributed by atoms with Gasteiger partial charge in [-0.3, -0.25) is 23.9 Å². The molecule has 59 heavy (non-hydrogen) atoms. The zero-order valence-electron chi connectivity index (χ0n) is 36.4. The molecule has 3 heterocycles. The number of hydrogen-bond donors (Lipinski definition) is 1. The fraction of sp³-hybridized carbons (Fsp3) is 0.660. The summed E-state index contributed by atoms with van der Waals surface area (Å²) in [6.07, 6.45) is 6.88. The molecule has 3 aliphatic heterocycles. The molecule has 0 spiro atoms. The number of Topliss-reactive ketones (excluding diaryl/α,β-unsaturated/α-hetero) is 1. The first kappa shape index (κ1) is 43.3. The minimum absolute atomic E-state index is 0.0663. The van der Waals surface area contributed by atoms with Crippen LogP contribution in [0.15, 0.2) is 42.5 Å². The van der Waals surface area contributed by atoms with E-state index in [1.807, 2.05) is 47.0 Å². The first-order valence-corrected chi connectivity index (χ1v) is 23.2. The van der Waals surface area contributed by atoms with E-state index in [0.29, 0.717) is 19.3 Å². The topological polar surface area (TPSA) is 139 Å². The summed E-state index contributed by atoms with van der Waals surface area (Å²) in [6, 6.07) is 13.8. The number of sulfonamides is 1. The molecule has 4 bridgehead atoms. The second kappa shape index (κ2) is 15.9. The first-order valence-electron chi connectivity index (χ1n) is 21.7. The van der Waals surface area contributed by atoms with Crippen LogP contribution in [0.5, 0.6) is 0 Å². The second-order valence-corrected chi connectivity index (χ2v) is 22.4. The van der Waals surface area contributed by atoms with E-state index in [0.717, 1.165) is 60.9 Å². The van der Waals surface area contributed by atoms with E-state index in [4.69, 9.17) is 9.47 Å². The highest BCUT2D eigenvalue weighted by Crippen LogP contribution is 2.65. The average molecular weight is 832 g/mol. The van der Waals surface area contributed by atoms with Crippen molar-refractivity contribution < 1.29 is 37.1 Å². The molecule has 6 aliphatic rings. The lowest BCUT2D eigenvalue weighted by Crippen LogP contribution is -2.49. The number of nitrogens with zero attached hydrogens (tertiary/aromatic N) is 2. The van der Waals surface area contributed by atoms with Crippen molar-refractivity contribution in [3.05, 3.63) is 53.6 Å². The number of methoxy groups -OCH3 is 1. The lowest BCUT2D eigenvalue weighted by atomic mass is 9.77. The molecule has 3 aliphatic carbocycles. The van der Waals surface area contributed by atoms with Gasteiger partial charge in [0, 0.05) is 39.7 Å². The van der Waals surface area contributed by atoms with Crippen LogP contribution in [-0.4, -0.2) is 82.5 Å². The molecule has 3 saturated carbocycles. The maximum absolute atomic E-state index is 15.1. The normalized spacial score (nSPS) is 29.0. The number of carbonyl (C=O) groups is 4. The van der Waals surface area contributed by atoms with Crippen molar-refractivity contribution in [3.63, 3.8) is 0 Å². The number of fused-ring (bicyclic) bond motifs is 12. The van der Waals surface area contributed by atoms with Crippen molar-refractivity contribution in [1.82, 2.24) is 9.62 Å². The molecule has 322 valence electrons. The van der Waals surface area contributed by atoms with Gasteiger partial charge in [0.1, 0.15) is 5.60 Å². The van der Waals surface area contributed by atoms with Crippen LogP contribution in [0.4, 0.5) is 5.69 Å². The molecule has 1 saturated heterocycles. The van der Waals surface area contributed by atoms with E-state index in [1.165, 1.54) is 5.56 Å². The monoisotopic (exact) mass is 831 g/mol. The minimum atomic E-state index is -3.82. The number of hydrogen-bond acceptors (Lipinski definition) is 9. The van der Waals surface area contributed by atoms with Gasteiger partial charge in [-0.05, 0) is 108 Å². The quantitative estimate of drug-likeness (QED) is 0.260. The van der Waals surface area contributed by atoms with Gasteiger partial charge in [-0.15, -0.1) is 0 Å². The van der Waals surface area contributed by atoms with Crippen LogP contribution < -0.4 is 9.62 Å². The van der Waals surface area contributed by atoms with Crippen molar-refractivity contribution in [1.29, 1.82) is 0 Å². The number of anilines is 1. The van der Waals surface area contributed by atoms with Gasteiger partial charge in [0.15, 0.2) is 5.78 Å². The summed E-state index contributed by atoms with van der Waals surface area (Å²) in [5.74, 6) is -2.30. The summed E-state index contributed by atoms with van der Waals surface area (Å²) < 4.78 is 40.6. The van der Waals surface area contributed by atoms with Crippen LogP contribution in [0.1, 0.15) is 116 Å². The number of aryl methyl sites for hydroxylation is 1. The molecule has 12 heteroatoms.